The van der Waals surface area contributed by atoms with Crippen LogP contribution in [0.5, 0.6) is 0 Å². The van der Waals surface area contributed by atoms with Crippen LogP contribution in [-0.4, -0.2) is 46.5 Å². The molecule has 0 bridgehead atoms. The van der Waals surface area contributed by atoms with Gasteiger partial charge in [0.1, 0.15) is 11.5 Å². The minimum Gasteiger partial charge on any atom is -0.356 e. The van der Waals surface area contributed by atoms with Crippen molar-refractivity contribution in [2.75, 3.05) is 24.5 Å². The van der Waals surface area contributed by atoms with Crippen LogP contribution in [0.15, 0.2) is 12.1 Å². The molecule has 0 aliphatic carbocycles. The van der Waals surface area contributed by atoms with Gasteiger partial charge < -0.3 is 4.90 Å². The maximum absolute atomic E-state index is 10.9. The Kier molecular flexibility index (Phi) is 4.29. The lowest BCUT2D eigenvalue weighted by atomic mass is 10.0. The molecule has 6 nitrogen and oxygen atoms in total. The van der Waals surface area contributed by atoms with Gasteiger partial charge in [0.2, 0.25) is 0 Å². The van der Waals surface area contributed by atoms with Gasteiger partial charge in [-0.3, -0.25) is 15.0 Å². The SMILES string of the molecule is Cc1nc(N2CCC(N3CCCC3C)CC2)ccc1[N+](=O)[O-]. The molecule has 1 unspecified atom stereocenters. The van der Waals surface area contributed by atoms with Crippen LogP contribution in [0.25, 0.3) is 0 Å². The summed E-state index contributed by atoms with van der Waals surface area (Å²) in [6.45, 7) is 7.25. The third-order valence-electron chi connectivity index (χ3n) is 5.10. The molecule has 22 heavy (non-hydrogen) atoms. The molecule has 1 aromatic rings. The first-order chi connectivity index (χ1) is 10.6. The molecule has 0 saturated carbocycles. The van der Waals surface area contributed by atoms with Gasteiger partial charge in [-0.25, -0.2) is 4.98 Å². The molecule has 0 N–H and O–H groups in total. The van der Waals surface area contributed by atoms with Crippen molar-refractivity contribution in [3.63, 3.8) is 0 Å². The van der Waals surface area contributed by atoms with E-state index >= 15 is 0 Å². The van der Waals surface area contributed by atoms with E-state index in [0.717, 1.165) is 37.8 Å². The van der Waals surface area contributed by atoms with E-state index in [9.17, 15) is 10.1 Å². The van der Waals surface area contributed by atoms with E-state index in [1.807, 2.05) is 0 Å². The summed E-state index contributed by atoms with van der Waals surface area (Å²) in [7, 11) is 0. The number of hydrogen-bond acceptors (Lipinski definition) is 5. The minimum absolute atomic E-state index is 0.101. The van der Waals surface area contributed by atoms with Crippen molar-refractivity contribution in [1.29, 1.82) is 0 Å². The fourth-order valence-corrected chi connectivity index (χ4v) is 3.83. The first-order valence-electron chi connectivity index (χ1n) is 8.19. The van der Waals surface area contributed by atoms with Crippen LogP contribution >= 0.6 is 0 Å². The number of nitrogens with zero attached hydrogens (tertiary/aromatic N) is 4. The van der Waals surface area contributed by atoms with Gasteiger partial charge in [0.15, 0.2) is 0 Å². The number of anilines is 1. The lowest BCUT2D eigenvalue weighted by Gasteiger charge is -2.39. The summed E-state index contributed by atoms with van der Waals surface area (Å²) in [5.74, 6) is 0.871. The molecule has 1 aromatic heterocycles. The molecular formula is C16H24N4O2. The van der Waals surface area contributed by atoms with E-state index < -0.39 is 0 Å². The molecule has 2 fully saturated rings. The highest BCUT2D eigenvalue weighted by Gasteiger charge is 2.30. The normalized spacial score (nSPS) is 23.9. The summed E-state index contributed by atoms with van der Waals surface area (Å²) in [5, 5.41) is 10.9. The summed E-state index contributed by atoms with van der Waals surface area (Å²) >= 11 is 0. The van der Waals surface area contributed by atoms with Gasteiger partial charge in [-0.05, 0) is 52.1 Å². The number of rotatable bonds is 3. The Hall–Kier alpha value is -1.69. The number of likely N-dealkylation sites (tertiary alicyclic amines) is 1. The molecule has 2 saturated heterocycles. The lowest BCUT2D eigenvalue weighted by molar-refractivity contribution is -0.385. The predicted molar refractivity (Wildman–Crippen MR) is 86.3 cm³/mol. The van der Waals surface area contributed by atoms with E-state index in [-0.39, 0.29) is 10.6 Å². The molecule has 0 aromatic carbocycles. The highest BCUT2D eigenvalue weighted by atomic mass is 16.6. The minimum atomic E-state index is -0.368. The maximum Gasteiger partial charge on any atom is 0.290 e. The summed E-state index contributed by atoms with van der Waals surface area (Å²) < 4.78 is 0. The first kappa shape index (κ1) is 15.2. The van der Waals surface area contributed by atoms with Crippen LogP contribution in [0.1, 0.15) is 38.3 Å². The zero-order valence-corrected chi connectivity index (χ0v) is 13.4. The molecule has 3 heterocycles. The summed E-state index contributed by atoms with van der Waals surface area (Å²) in [4.78, 5) is 19.9. The lowest BCUT2D eigenvalue weighted by Crippen LogP contribution is -2.46. The quantitative estimate of drug-likeness (QED) is 0.634. The molecular weight excluding hydrogens is 280 g/mol. The molecule has 120 valence electrons. The molecule has 2 aliphatic rings. The Balaban J connectivity index is 1.64. The van der Waals surface area contributed by atoms with Gasteiger partial charge in [0.25, 0.3) is 5.69 Å². The molecule has 0 radical (unpaired) electrons. The van der Waals surface area contributed by atoms with Gasteiger partial charge in [0, 0.05) is 31.2 Å². The van der Waals surface area contributed by atoms with Crippen molar-refractivity contribution in [1.82, 2.24) is 9.88 Å². The van der Waals surface area contributed by atoms with E-state index in [4.69, 9.17) is 0 Å². The summed E-state index contributed by atoms with van der Waals surface area (Å²) in [6.07, 6.45) is 4.96. The van der Waals surface area contributed by atoms with E-state index in [0.29, 0.717) is 11.7 Å². The Morgan fingerprint density at radius 2 is 1.95 bits per heavy atom. The van der Waals surface area contributed by atoms with Crippen LogP contribution in [-0.2, 0) is 0 Å². The van der Waals surface area contributed by atoms with Crippen molar-refractivity contribution in [2.45, 2.75) is 51.6 Å². The fraction of sp³-hybridized carbons (Fsp3) is 0.688. The van der Waals surface area contributed by atoms with Gasteiger partial charge in [-0.1, -0.05) is 0 Å². The average molecular weight is 304 g/mol. The Morgan fingerprint density at radius 3 is 2.50 bits per heavy atom. The third-order valence-corrected chi connectivity index (χ3v) is 5.10. The van der Waals surface area contributed by atoms with Crippen molar-refractivity contribution in [3.8, 4) is 0 Å². The molecule has 1 atom stereocenters. The summed E-state index contributed by atoms with van der Waals surface area (Å²) in [5.41, 5.74) is 0.599. The maximum atomic E-state index is 10.9. The Morgan fingerprint density at radius 1 is 1.23 bits per heavy atom. The van der Waals surface area contributed by atoms with Gasteiger partial charge in [-0.15, -0.1) is 0 Å². The van der Waals surface area contributed by atoms with Crippen LogP contribution < -0.4 is 4.90 Å². The van der Waals surface area contributed by atoms with Crippen LogP contribution in [0.2, 0.25) is 0 Å². The molecule has 6 heteroatoms. The van der Waals surface area contributed by atoms with Crippen molar-refractivity contribution in [3.05, 3.63) is 27.9 Å². The number of piperidine rings is 1. The topological polar surface area (TPSA) is 62.5 Å². The number of aryl methyl sites for hydroxylation is 1. The third kappa shape index (κ3) is 2.92. The molecule has 0 spiro atoms. The largest absolute Gasteiger partial charge is 0.356 e. The zero-order valence-electron chi connectivity index (χ0n) is 13.4. The van der Waals surface area contributed by atoms with E-state index in [2.05, 4.69) is 21.7 Å². The number of aromatic nitrogens is 1. The molecule has 2 aliphatic heterocycles. The second-order valence-electron chi connectivity index (χ2n) is 6.48. The standard InChI is InChI=1S/C16H24N4O2/c1-12-4-3-9-19(12)14-7-10-18(11-8-14)16-6-5-15(20(21)22)13(2)17-16/h5-6,12,14H,3-4,7-11H2,1-2H3. The van der Waals surface area contributed by atoms with E-state index in [1.54, 1.807) is 19.1 Å². The highest BCUT2D eigenvalue weighted by Crippen LogP contribution is 2.28. The predicted octanol–water partition coefficient (Wildman–Crippen LogP) is 2.75. The monoisotopic (exact) mass is 304 g/mol. The Labute approximate surface area is 131 Å². The summed E-state index contributed by atoms with van der Waals surface area (Å²) in [6, 6.07) is 4.76. The molecule has 0 amide bonds. The second kappa shape index (κ2) is 6.20. The highest BCUT2D eigenvalue weighted by molar-refractivity contribution is 5.47. The van der Waals surface area contributed by atoms with Crippen LogP contribution in [0.3, 0.4) is 0 Å². The smallest absolute Gasteiger partial charge is 0.290 e. The van der Waals surface area contributed by atoms with Crippen molar-refractivity contribution >= 4 is 11.5 Å². The van der Waals surface area contributed by atoms with Gasteiger partial charge in [-0.2, -0.15) is 0 Å². The fourth-order valence-electron chi connectivity index (χ4n) is 3.83. The molecule has 3 rings (SSSR count). The van der Waals surface area contributed by atoms with Crippen molar-refractivity contribution < 1.29 is 4.92 Å². The van der Waals surface area contributed by atoms with Gasteiger partial charge in [0.05, 0.1) is 4.92 Å². The van der Waals surface area contributed by atoms with Crippen LogP contribution in [0, 0.1) is 17.0 Å². The first-order valence-corrected chi connectivity index (χ1v) is 8.19. The average Bonchev–Trinajstić information content (AvgIpc) is 2.93. The van der Waals surface area contributed by atoms with Crippen molar-refractivity contribution in [2.24, 2.45) is 0 Å². The zero-order chi connectivity index (χ0) is 15.7. The van der Waals surface area contributed by atoms with E-state index in [1.165, 1.54) is 19.4 Å². The number of pyridine rings is 1. The number of hydrogen-bond donors (Lipinski definition) is 0. The van der Waals surface area contributed by atoms with Gasteiger partial charge >= 0.3 is 0 Å². The van der Waals surface area contributed by atoms with Crippen LogP contribution in [0.4, 0.5) is 11.5 Å². The second-order valence-corrected chi connectivity index (χ2v) is 6.48. The Bertz CT molecular complexity index is 555. The number of nitro groups is 1.